The minimum absolute atomic E-state index is 0.581. The van der Waals surface area contributed by atoms with Gasteiger partial charge in [-0.25, -0.2) is 0 Å². The van der Waals surface area contributed by atoms with Gasteiger partial charge in [-0.05, 0) is 62.7 Å². The van der Waals surface area contributed by atoms with E-state index in [1.54, 1.807) is 0 Å². The molecule has 2 aliphatic rings. The maximum Gasteiger partial charge on any atom is 0.0348 e. The molecule has 1 aliphatic carbocycles. The van der Waals surface area contributed by atoms with Gasteiger partial charge in [-0.2, -0.15) is 0 Å². The molecule has 1 saturated heterocycles. The summed E-state index contributed by atoms with van der Waals surface area (Å²) in [6, 6.07) is 11.6. The van der Waals surface area contributed by atoms with Crippen LogP contribution in [0.4, 0.5) is 0 Å². The van der Waals surface area contributed by atoms with E-state index in [0.29, 0.717) is 6.04 Å². The highest BCUT2D eigenvalue weighted by atomic mass is 15.1. The van der Waals surface area contributed by atoms with E-state index in [2.05, 4.69) is 47.5 Å². The van der Waals surface area contributed by atoms with Crippen molar-refractivity contribution in [2.45, 2.75) is 38.6 Å². The molecule has 1 N–H and O–H groups in total. The van der Waals surface area contributed by atoms with E-state index < -0.39 is 0 Å². The molecule has 1 saturated carbocycles. The molecule has 0 amide bonds. The molecular weight excluding hydrogens is 244 g/mol. The van der Waals surface area contributed by atoms with E-state index in [1.165, 1.54) is 50.9 Å². The summed E-state index contributed by atoms with van der Waals surface area (Å²) < 4.78 is 0. The van der Waals surface area contributed by atoms with Gasteiger partial charge in [-0.3, -0.25) is 0 Å². The Morgan fingerprint density at radius 2 is 1.85 bits per heavy atom. The second-order valence-corrected chi connectivity index (χ2v) is 6.75. The van der Waals surface area contributed by atoms with Crippen LogP contribution in [0.25, 0.3) is 0 Å². The maximum absolute atomic E-state index is 3.85. The first-order valence-electron chi connectivity index (χ1n) is 8.33. The molecular formula is C18H28N2. The summed E-state index contributed by atoms with van der Waals surface area (Å²) >= 11 is 0. The predicted octanol–water partition coefficient (Wildman–Crippen LogP) is 3.46. The zero-order chi connectivity index (χ0) is 13.8. The summed E-state index contributed by atoms with van der Waals surface area (Å²) in [7, 11) is 0. The van der Waals surface area contributed by atoms with Crippen LogP contribution in [0, 0.1) is 11.8 Å². The third kappa shape index (κ3) is 3.83. The largest absolute Gasteiger partial charge is 0.309 e. The Labute approximate surface area is 123 Å². The second kappa shape index (κ2) is 6.73. The van der Waals surface area contributed by atoms with Crippen molar-refractivity contribution < 1.29 is 0 Å². The maximum atomic E-state index is 3.85. The Morgan fingerprint density at radius 1 is 1.15 bits per heavy atom. The van der Waals surface area contributed by atoms with Crippen molar-refractivity contribution in [2.24, 2.45) is 11.8 Å². The molecule has 2 heteroatoms. The fourth-order valence-corrected chi connectivity index (χ4v) is 3.45. The van der Waals surface area contributed by atoms with Gasteiger partial charge in [0.15, 0.2) is 0 Å². The van der Waals surface area contributed by atoms with Gasteiger partial charge in [0.05, 0.1) is 0 Å². The molecule has 2 fully saturated rings. The Kier molecular flexibility index (Phi) is 4.74. The zero-order valence-corrected chi connectivity index (χ0v) is 12.7. The van der Waals surface area contributed by atoms with E-state index in [1.807, 2.05) is 0 Å². The van der Waals surface area contributed by atoms with Crippen LogP contribution < -0.4 is 5.32 Å². The monoisotopic (exact) mass is 272 g/mol. The van der Waals surface area contributed by atoms with Crippen molar-refractivity contribution in [1.82, 2.24) is 10.2 Å². The van der Waals surface area contributed by atoms with Crippen LogP contribution in [0.1, 0.15) is 44.2 Å². The van der Waals surface area contributed by atoms with Crippen LogP contribution in [-0.2, 0) is 0 Å². The quantitative estimate of drug-likeness (QED) is 0.818. The summed E-state index contributed by atoms with van der Waals surface area (Å²) in [6.07, 6.45) is 5.59. The normalized spacial score (nSPS) is 22.9. The van der Waals surface area contributed by atoms with E-state index in [9.17, 15) is 0 Å². The second-order valence-electron chi connectivity index (χ2n) is 6.75. The first-order valence-corrected chi connectivity index (χ1v) is 8.33. The highest BCUT2D eigenvalue weighted by Gasteiger charge is 2.32. The van der Waals surface area contributed by atoms with E-state index >= 15 is 0 Å². The van der Waals surface area contributed by atoms with Gasteiger partial charge in [0.2, 0.25) is 0 Å². The molecule has 3 rings (SSSR count). The Morgan fingerprint density at radius 3 is 2.50 bits per heavy atom. The zero-order valence-electron chi connectivity index (χ0n) is 12.7. The summed E-state index contributed by atoms with van der Waals surface area (Å²) in [6.45, 7) is 7.43. The molecule has 2 unspecified atom stereocenters. The van der Waals surface area contributed by atoms with E-state index in [-0.39, 0.29) is 0 Å². The third-order valence-electron chi connectivity index (χ3n) is 4.71. The smallest absolute Gasteiger partial charge is 0.0348 e. The van der Waals surface area contributed by atoms with E-state index in [4.69, 9.17) is 0 Å². The van der Waals surface area contributed by atoms with Crippen molar-refractivity contribution in [3.63, 3.8) is 0 Å². The molecule has 0 spiro atoms. The van der Waals surface area contributed by atoms with Crippen molar-refractivity contribution in [3.8, 4) is 0 Å². The summed E-state index contributed by atoms with van der Waals surface area (Å²) in [4.78, 5) is 2.63. The minimum atomic E-state index is 0.581. The van der Waals surface area contributed by atoms with Crippen LogP contribution in [0.3, 0.4) is 0 Å². The van der Waals surface area contributed by atoms with Gasteiger partial charge >= 0.3 is 0 Å². The lowest BCUT2D eigenvalue weighted by atomic mass is 10.0. The lowest BCUT2D eigenvalue weighted by Gasteiger charge is -2.24. The summed E-state index contributed by atoms with van der Waals surface area (Å²) in [5.41, 5.74) is 1.48. The molecule has 1 aromatic rings. The molecule has 2 nitrogen and oxygen atoms in total. The molecule has 1 aromatic carbocycles. The number of nitrogens with one attached hydrogen (secondary N) is 1. The molecule has 0 radical (unpaired) electrons. The van der Waals surface area contributed by atoms with Crippen LogP contribution in [0.2, 0.25) is 0 Å². The molecule has 0 bridgehead atoms. The van der Waals surface area contributed by atoms with Crippen molar-refractivity contribution >= 4 is 0 Å². The standard InChI is InChI=1S/C18H28N2/c1-15(14-20-11-5-6-12-20)13-19-18(17-9-10-17)16-7-3-2-4-8-16/h2-4,7-8,15,17-19H,5-6,9-14H2,1H3. The highest BCUT2D eigenvalue weighted by molar-refractivity contribution is 5.21. The molecule has 1 aliphatic heterocycles. The lowest BCUT2D eigenvalue weighted by molar-refractivity contribution is 0.275. The summed E-state index contributed by atoms with van der Waals surface area (Å²) in [5.74, 6) is 1.62. The van der Waals surface area contributed by atoms with Gasteiger partial charge < -0.3 is 10.2 Å². The van der Waals surface area contributed by atoms with Crippen LogP contribution >= 0.6 is 0 Å². The predicted molar refractivity (Wildman–Crippen MR) is 84.7 cm³/mol. The fourth-order valence-electron chi connectivity index (χ4n) is 3.45. The van der Waals surface area contributed by atoms with Crippen LogP contribution in [0.15, 0.2) is 30.3 Å². The lowest BCUT2D eigenvalue weighted by Crippen LogP contribution is -2.34. The van der Waals surface area contributed by atoms with E-state index in [0.717, 1.165) is 18.4 Å². The number of likely N-dealkylation sites (tertiary alicyclic amines) is 1. The van der Waals surface area contributed by atoms with Crippen molar-refractivity contribution in [2.75, 3.05) is 26.2 Å². The molecule has 0 aromatic heterocycles. The number of nitrogens with zero attached hydrogens (tertiary/aromatic N) is 1. The average molecular weight is 272 g/mol. The van der Waals surface area contributed by atoms with Gasteiger partial charge in [0.25, 0.3) is 0 Å². The third-order valence-corrected chi connectivity index (χ3v) is 4.71. The molecule has 110 valence electrons. The molecule has 2 atom stereocenters. The Bertz CT molecular complexity index is 393. The number of hydrogen-bond donors (Lipinski definition) is 1. The first-order chi connectivity index (χ1) is 9.83. The fraction of sp³-hybridized carbons (Fsp3) is 0.667. The SMILES string of the molecule is CC(CNC(c1ccccc1)C1CC1)CN1CCCC1. The minimum Gasteiger partial charge on any atom is -0.309 e. The van der Waals surface area contributed by atoms with Crippen molar-refractivity contribution in [3.05, 3.63) is 35.9 Å². The summed E-state index contributed by atoms with van der Waals surface area (Å²) in [5, 5.41) is 3.85. The van der Waals surface area contributed by atoms with Crippen LogP contribution in [-0.4, -0.2) is 31.1 Å². The van der Waals surface area contributed by atoms with Gasteiger partial charge in [0.1, 0.15) is 0 Å². The van der Waals surface area contributed by atoms with Gasteiger partial charge in [-0.1, -0.05) is 37.3 Å². The van der Waals surface area contributed by atoms with Crippen molar-refractivity contribution in [1.29, 1.82) is 0 Å². The topological polar surface area (TPSA) is 15.3 Å². The highest BCUT2D eigenvalue weighted by Crippen LogP contribution is 2.40. The first kappa shape index (κ1) is 14.1. The van der Waals surface area contributed by atoms with Gasteiger partial charge in [0, 0.05) is 12.6 Å². The Hall–Kier alpha value is -0.860. The molecule has 20 heavy (non-hydrogen) atoms. The molecule has 1 heterocycles. The average Bonchev–Trinajstić information content (AvgIpc) is 3.18. The van der Waals surface area contributed by atoms with Gasteiger partial charge in [-0.15, -0.1) is 0 Å². The number of rotatable bonds is 7. The number of benzene rings is 1. The van der Waals surface area contributed by atoms with Crippen LogP contribution in [0.5, 0.6) is 0 Å². The number of hydrogen-bond acceptors (Lipinski definition) is 2. The Balaban J connectivity index is 1.49.